The molecule has 0 unspecified atom stereocenters. The molecule has 0 spiro atoms. The third-order valence-electron chi connectivity index (χ3n) is 4.83. The Morgan fingerprint density at radius 3 is 2.92 bits per heavy atom. The topological polar surface area (TPSA) is 94.6 Å². The van der Waals surface area contributed by atoms with Crippen molar-refractivity contribution in [3.8, 4) is 11.3 Å². The van der Waals surface area contributed by atoms with Gasteiger partial charge in [-0.25, -0.2) is 0 Å². The Bertz CT molecular complexity index is 729. The van der Waals surface area contributed by atoms with Gasteiger partial charge in [0.2, 0.25) is 0 Å². The number of nitrogens with zero attached hydrogens (tertiary/aromatic N) is 4. The Labute approximate surface area is 145 Å². The van der Waals surface area contributed by atoms with E-state index in [0.29, 0.717) is 37.7 Å². The molecular formula is C17H21N5O3. The van der Waals surface area contributed by atoms with Crippen molar-refractivity contribution in [3.63, 3.8) is 0 Å². The third-order valence-corrected chi connectivity index (χ3v) is 4.83. The van der Waals surface area contributed by atoms with E-state index < -0.39 is 6.10 Å². The average Bonchev–Trinajstić information content (AvgIpc) is 3.30. The van der Waals surface area contributed by atoms with Crippen molar-refractivity contribution in [2.24, 2.45) is 0 Å². The number of aliphatic hydroxyl groups is 1. The number of amides is 1. The first kappa shape index (κ1) is 16.2. The number of carbonyl (C=O) groups excluding carboxylic acids is 1. The molecule has 8 nitrogen and oxygen atoms in total. The second-order valence-corrected chi connectivity index (χ2v) is 6.40. The summed E-state index contributed by atoms with van der Waals surface area (Å²) >= 11 is 0. The summed E-state index contributed by atoms with van der Waals surface area (Å²) in [5.74, 6) is -0.141. The van der Waals surface area contributed by atoms with E-state index >= 15 is 0 Å². The van der Waals surface area contributed by atoms with E-state index in [1.54, 1.807) is 23.4 Å². The van der Waals surface area contributed by atoms with Crippen molar-refractivity contribution in [1.29, 1.82) is 0 Å². The number of aliphatic hydroxyl groups excluding tert-OH is 1. The van der Waals surface area contributed by atoms with Gasteiger partial charge in [-0.15, -0.1) is 0 Å². The number of nitrogens with one attached hydrogen (secondary N) is 1. The van der Waals surface area contributed by atoms with Gasteiger partial charge in [0, 0.05) is 44.1 Å². The summed E-state index contributed by atoms with van der Waals surface area (Å²) in [6, 6.07) is 5.42. The van der Waals surface area contributed by atoms with Crippen molar-refractivity contribution in [2.75, 3.05) is 39.4 Å². The number of aromatic nitrogens is 3. The van der Waals surface area contributed by atoms with E-state index in [1.807, 2.05) is 12.1 Å². The van der Waals surface area contributed by atoms with Crippen LogP contribution >= 0.6 is 0 Å². The van der Waals surface area contributed by atoms with Crippen molar-refractivity contribution in [3.05, 3.63) is 36.3 Å². The molecule has 2 atom stereocenters. The monoisotopic (exact) mass is 343 g/mol. The van der Waals surface area contributed by atoms with E-state index in [4.69, 9.17) is 4.74 Å². The number of rotatable bonds is 3. The highest BCUT2D eigenvalue weighted by atomic mass is 16.5. The van der Waals surface area contributed by atoms with Gasteiger partial charge in [0.25, 0.3) is 5.91 Å². The highest BCUT2D eigenvalue weighted by Gasteiger charge is 2.38. The number of aromatic amines is 1. The molecule has 2 N–H and O–H groups in total. The maximum atomic E-state index is 12.8. The van der Waals surface area contributed by atoms with Crippen LogP contribution in [0.25, 0.3) is 11.3 Å². The summed E-state index contributed by atoms with van der Waals surface area (Å²) in [5, 5.41) is 17.4. The molecule has 2 aromatic rings. The van der Waals surface area contributed by atoms with E-state index in [2.05, 4.69) is 20.1 Å². The van der Waals surface area contributed by atoms with E-state index in [-0.39, 0.29) is 11.9 Å². The van der Waals surface area contributed by atoms with Crippen LogP contribution in [0.3, 0.4) is 0 Å². The average molecular weight is 343 g/mol. The quantitative estimate of drug-likeness (QED) is 0.814. The highest BCUT2D eigenvalue weighted by Crippen LogP contribution is 2.21. The zero-order chi connectivity index (χ0) is 17.2. The smallest absolute Gasteiger partial charge is 0.272 e. The molecule has 2 fully saturated rings. The standard InChI is InChI=1S/C17H21N5O3/c23-16-11-22(10-15(16)21-4-6-25-7-5-21)17(24)14-8-13(19-20-14)12-2-1-3-18-9-12/h1-3,8-9,15-16,23H,4-7,10-11H2,(H,19,20)/t15-,16-/m1/s1. The number of morpholine rings is 1. The van der Waals surface area contributed by atoms with Crippen LogP contribution in [0.4, 0.5) is 0 Å². The van der Waals surface area contributed by atoms with Crippen LogP contribution in [0.5, 0.6) is 0 Å². The molecule has 0 aliphatic carbocycles. The zero-order valence-electron chi connectivity index (χ0n) is 13.8. The van der Waals surface area contributed by atoms with Gasteiger partial charge < -0.3 is 14.7 Å². The lowest BCUT2D eigenvalue weighted by atomic mass is 10.1. The lowest BCUT2D eigenvalue weighted by molar-refractivity contribution is -0.00611. The molecule has 2 aliphatic heterocycles. The summed E-state index contributed by atoms with van der Waals surface area (Å²) in [4.78, 5) is 20.7. The molecule has 25 heavy (non-hydrogen) atoms. The Morgan fingerprint density at radius 2 is 2.16 bits per heavy atom. The van der Waals surface area contributed by atoms with Gasteiger partial charge in [0.05, 0.1) is 31.1 Å². The number of β-amino-alcohol motifs (C(OH)–C–C–N with tert-alkyl or cyclic N) is 1. The number of hydrogen-bond donors (Lipinski definition) is 2. The normalized spacial score (nSPS) is 24.6. The van der Waals surface area contributed by atoms with Crippen LogP contribution in [-0.4, -0.2) is 87.5 Å². The minimum absolute atomic E-state index is 0.0337. The maximum absolute atomic E-state index is 12.8. The van der Waals surface area contributed by atoms with Crippen LogP contribution in [0, 0.1) is 0 Å². The first-order valence-electron chi connectivity index (χ1n) is 8.47. The van der Waals surface area contributed by atoms with Crippen LogP contribution in [-0.2, 0) is 4.74 Å². The molecule has 4 heterocycles. The molecular weight excluding hydrogens is 322 g/mol. The molecule has 132 valence electrons. The second kappa shape index (κ2) is 6.91. The molecule has 2 aromatic heterocycles. The Hall–Kier alpha value is -2.29. The summed E-state index contributed by atoms with van der Waals surface area (Å²) in [7, 11) is 0. The summed E-state index contributed by atoms with van der Waals surface area (Å²) in [6.45, 7) is 3.78. The molecule has 8 heteroatoms. The highest BCUT2D eigenvalue weighted by molar-refractivity contribution is 5.93. The van der Waals surface area contributed by atoms with Crippen molar-refractivity contribution in [2.45, 2.75) is 12.1 Å². The van der Waals surface area contributed by atoms with Gasteiger partial charge in [-0.3, -0.25) is 19.8 Å². The summed E-state index contributed by atoms with van der Waals surface area (Å²) in [6.07, 6.45) is 2.86. The number of pyridine rings is 1. The van der Waals surface area contributed by atoms with Crippen molar-refractivity contribution < 1.29 is 14.6 Å². The van der Waals surface area contributed by atoms with Crippen molar-refractivity contribution >= 4 is 5.91 Å². The first-order valence-corrected chi connectivity index (χ1v) is 8.47. The number of likely N-dealkylation sites (tertiary alicyclic amines) is 1. The predicted octanol–water partition coefficient (Wildman–Crippen LogP) is -0.0108. The number of H-pyrrole nitrogens is 1. The maximum Gasteiger partial charge on any atom is 0.272 e. The number of carbonyl (C=O) groups is 1. The van der Waals surface area contributed by atoms with Gasteiger partial charge in [0.1, 0.15) is 5.69 Å². The van der Waals surface area contributed by atoms with Gasteiger partial charge in [-0.05, 0) is 18.2 Å². The summed E-state index contributed by atoms with van der Waals surface area (Å²) in [5.41, 5.74) is 1.96. The SMILES string of the molecule is O=C(c1cc(-c2cccnc2)n[nH]1)N1C[C@@H](O)[C@H](N2CCOCC2)C1. The van der Waals surface area contributed by atoms with Crippen molar-refractivity contribution in [1.82, 2.24) is 25.0 Å². The van der Waals surface area contributed by atoms with E-state index in [9.17, 15) is 9.90 Å². The van der Waals surface area contributed by atoms with Gasteiger partial charge >= 0.3 is 0 Å². The third kappa shape index (κ3) is 3.28. The van der Waals surface area contributed by atoms with E-state index in [1.165, 1.54) is 0 Å². The first-order chi connectivity index (χ1) is 12.2. The lowest BCUT2D eigenvalue weighted by Gasteiger charge is -2.33. The fourth-order valence-electron chi connectivity index (χ4n) is 3.47. The van der Waals surface area contributed by atoms with E-state index in [0.717, 1.165) is 18.7 Å². The molecule has 1 amide bonds. The summed E-state index contributed by atoms with van der Waals surface area (Å²) < 4.78 is 5.36. The molecule has 4 rings (SSSR count). The van der Waals surface area contributed by atoms with Crippen LogP contribution in [0.1, 0.15) is 10.5 Å². The molecule has 0 saturated carbocycles. The lowest BCUT2D eigenvalue weighted by Crippen LogP contribution is -2.49. The predicted molar refractivity (Wildman–Crippen MR) is 89.9 cm³/mol. The molecule has 0 radical (unpaired) electrons. The fraction of sp³-hybridized carbons (Fsp3) is 0.471. The molecule has 0 aromatic carbocycles. The van der Waals surface area contributed by atoms with Crippen LogP contribution in [0.2, 0.25) is 0 Å². The largest absolute Gasteiger partial charge is 0.390 e. The molecule has 2 saturated heterocycles. The minimum Gasteiger partial charge on any atom is -0.390 e. The number of hydrogen-bond acceptors (Lipinski definition) is 6. The Balaban J connectivity index is 1.45. The van der Waals surface area contributed by atoms with Gasteiger partial charge in [-0.2, -0.15) is 5.10 Å². The molecule has 0 bridgehead atoms. The Kier molecular flexibility index (Phi) is 4.48. The minimum atomic E-state index is -0.539. The van der Waals surface area contributed by atoms with Gasteiger partial charge in [-0.1, -0.05) is 0 Å². The fourth-order valence-corrected chi connectivity index (χ4v) is 3.47. The second-order valence-electron chi connectivity index (χ2n) is 6.40. The van der Waals surface area contributed by atoms with Gasteiger partial charge in [0.15, 0.2) is 0 Å². The molecule has 2 aliphatic rings. The number of ether oxygens (including phenoxy) is 1. The Morgan fingerprint density at radius 1 is 1.32 bits per heavy atom. The van der Waals surface area contributed by atoms with Crippen LogP contribution < -0.4 is 0 Å². The van der Waals surface area contributed by atoms with Crippen LogP contribution in [0.15, 0.2) is 30.6 Å². The zero-order valence-corrected chi connectivity index (χ0v) is 13.8.